The number of phenolic OH excluding ortho intramolecular Hbond substituents is 1. The van der Waals surface area contributed by atoms with Crippen LogP contribution >= 0.6 is 0 Å². The quantitative estimate of drug-likeness (QED) is 0.797. The number of aromatic hydroxyl groups is 1. The first-order chi connectivity index (χ1) is 8.02. The second-order valence-electron chi connectivity index (χ2n) is 3.80. The van der Waals surface area contributed by atoms with Gasteiger partial charge in [0, 0.05) is 13.1 Å². The highest BCUT2D eigenvalue weighted by molar-refractivity contribution is 5.66. The number of hydrogen-bond acceptors (Lipinski definition) is 3. The maximum atomic E-state index is 13.1. The molecule has 5 heteroatoms. The highest BCUT2D eigenvalue weighted by atomic mass is 19.1. The minimum Gasteiger partial charge on any atom is -0.505 e. The molecule has 0 amide bonds. The van der Waals surface area contributed by atoms with Gasteiger partial charge in [-0.25, -0.2) is 4.39 Å². The van der Waals surface area contributed by atoms with Crippen LogP contribution in [0.4, 0.5) is 4.39 Å². The molecule has 0 aliphatic rings. The van der Waals surface area contributed by atoms with Crippen LogP contribution in [0, 0.1) is 5.82 Å². The van der Waals surface area contributed by atoms with Crippen LogP contribution in [-0.4, -0.2) is 34.2 Å². The van der Waals surface area contributed by atoms with Crippen molar-refractivity contribution in [2.24, 2.45) is 0 Å². The third-order valence-electron chi connectivity index (χ3n) is 2.51. The summed E-state index contributed by atoms with van der Waals surface area (Å²) in [5, 5.41) is 17.6. The van der Waals surface area contributed by atoms with Crippen LogP contribution in [0.15, 0.2) is 18.2 Å². The van der Waals surface area contributed by atoms with Gasteiger partial charge in [0.05, 0.1) is 6.42 Å². The summed E-state index contributed by atoms with van der Waals surface area (Å²) in [5.74, 6) is -1.88. The van der Waals surface area contributed by atoms with E-state index in [0.29, 0.717) is 25.2 Å². The lowest BCUT2D eigenvalue weighted by Gasteiger charge is -2.19. The molecule has 1 aromatic rings. The van der Waals surface area contributed by atoms with Gasteiger partial charge in [-0.3, -0.25) is 9.69 Å². The molecule has 1 rings (SSSR count). The van der Waals surface area contributed by atoms with Gasteiger partial charge in [-0.1, -0.05) is 13.0 Å². The lowest BCUT2D eigenvalue weighted by Crippen LogP contribution is -2.25. The van der Waals surface area contributed by atoms with E-state index in [1.807, 2.05) is 11.8 Å². The second-order valence-corrected chi connectivity index (χ2v) is 3.80. The molecule has 94 valence electrons. The zero-order chi connectivity index (χ0) is 12.8. The predicted molar refractivity (Wildman–Crippen MR) is 61.3 cm³/mol. The van der Waals surface area contributed by atoms with E-state index in [0.717, 1.165) is 0 Å². The summed E-state index contributed by atoms with van der Waals surface area (Å²) in [7, 11) is 0. The van der Waals surface area contributed by atoms with Gasteiger partial charge in [-0.05, 0) is 24.2 Å². The van der Waals surface area contributed by atoms with Crippen molar-refractivity contribution in [1.29, 1.82) is 0 Å². The Labute approximate surface area is 99.3 Å². The van der Waals surface area contributed by atoms with Gasteiger partial charge in [-0.2, -0.15) is 0 Å². The average molecular weight is 241 g/mol. The number of aliphatic carboxylic acids is 1. The maximum Gasteiger partial charge on any atom is 0.304 e. The number of carbonyl (C=O) groups is 1. The number of benzene rings is 1. The molecule has 2 N–H and O–H groups in total. The van der Waals surface area contributed by atoms with Crippen LogP contribution in [0.2, 0.25) is 0 Å². The van der Waals surface area contributed by atoms with E-state index >= 15 is 0 Å². The molecule has 0 radical (unpaired) electrons. The molecule has 0 heterocycles. The number of carboxylic acid groups (broad SMARTS) is 1. The van der Waals surface area contributed by atoms with Crippen molar-refractivity contribution in [2.45, 2.75) is 19.9 Å². The number of phenols is 1. The molecular formula is C12H16FNO3. The van der Waals surface area contributed by atoms with Crippen LogP contribution in [0.3, 0.4) is 0 Å². The molecule has 0 bridgehead atoms. The van der Waals surface area contributed by atoms with Gasteiger partial charge in [0.25, 0.3) is 0 Å². The Kier molecular flexibility index (Phi) is 4.90. The molecule has 0 saturated heterocycles. The minimum absolute atomic E-state index is 0.0639. The summed E-state index contributed by atoms with van der Waals surface area (Å²) in [4.78, 5) is 12.4. The van der Waals surface area contributed by atoms with Gasteiger partial charge in [0.15, 0.2) is 11.6 Å². The molecule has 0 saturated carbocycles. The standard InChI is InChI=1S/C12H16FNO3/c1-2-14(6-5-12(16)17)8-9-3-4-11(15)10(13)7-9/h3-4,7,15H,2,5-6,8H2,1H3,(H,16,17). The van der Waals surface area contributed by atoms with Crippen molar-refractivity contribution in [1.82, 2.24) is 4.90 Å². The smallest absolute Gasteiger partial charge is 0.304 e. The first-order valence-corrected chi connectivity index (χ1v) is 5.44. The van der Waals surface area contributed by atoms with Crippen molar-refractivity contribution in [2.75, 3.05) is 13.1 Å². The van der Waals surface area contributed by atoms with Crippen LogP contribution in [0.25, 0.3) is 0 Å². The maximum absolute atomic E-state index is 13.1. The molecule has 0 aliphatic heterocycles. The highest BCUT2D eigenvalue weighted by Crippen LogP contribution is 2.17. The van der Waals surface area contributed by atoms with Gasteiger partial charge in [0.2, 0.25) is 0 Å². The fourth-order valence-electron chi connectivity index (χ4n) is 1.51. The third kappa shape index (κ3) is 4.40. The topological polar surface area (TPSA) is 60.8 Å². The Morgan fingerprint density at radius 2 is 2.18 bits per heavy atom. The average Bonchev–Trinajstić information content (AvgIpc) is 2.28. The lowest BCUT2D eigenvalue weighted by atomic mass is 10.2. The Hall–Kier alpha value is -1.62. The van der Waals surface area contributed by atoms with E-state index in [9.17, 15) is 9.18 Å². The third-order valence-corrected chi connectivity index (χ3v) is 2.51. The molecule has 0 fully saturated rings. The van der Waals surface area contributed by atoms with E-state index in [4.69, 9.17) is 10.2 Å². The van der Waals surface area contributed by atoms with Crippen molar-refractivity contribution in [3.05, 3.63) is 29.6 Å². The number of carboxylic acids is 1. The normalized spacial score (nSPS) is 10.8. The van der Waals surface area contributed by atoms with Crippen LogP contribution in [-0.2, 0) is 11.3 Å². The second kappa shape index (κ2) is 6.20. The van der Waals surface area contributed by atoms with E-state index in [1.54, 1.807) is 6.07 Å². The fourth-order valence-corrected chi connectivity index (χ4v) is 1.51. The molecule has 0 aromatic heterocycles. The van der Waals surface area contributed by atoms with Crippen molar-refractivity contribution in [3.63, 3.8) is 0 Å². The fraction of sp³-hybridized carbons (Fsp3) is 0.417. The summed E-state index contributed by atoms with van der Waals surface area (Å²) in [5.41, 5.74) is 0.715. The zero-order valence-electron chi connectivity index (χ0n) is 9.69. The van der Waals surface area contributed by atoms with Gasteiger partial charge < -0.3 is 10.2 Å². The van der Waals surface area contributed by atoms with E-state index in [-0.39, 0.29) is 12.2 Å². The summed E-state index contributed by atoms with van der Waals surface area (Å²) in [6.45, 7) is 3.50. The van der Waals surface area contributed by atoms with Gasteiger partial charge >= 0.3 is 5.97 Å². The highest BCUT2D eigenvalue weighted by Gasteiger charge is 2.08. The molecule has 0 unspecified atom stereocenters. The SMILES string of the molecule is CCN(CCC(=O)O)Cc1ccc(O)c(F)c1. The molecule has 4 nitrogen and oxygen atoms in total. The summed E-state index contributed by atoms with van der Waals surface area (Å²) < 4.78 is 13.1. The van der Waals surface area contributed by atoms with Crippen molar-refractivity contribution < 1.29 is 19.4 Å². The Morgan fingerprint density at radius 1 is 1.47 bits per heavy atom. The Morgan fingerprint density at radius 3 is 2.71 bits per heavy atom. The molecule has 0 spiro atoms. The molecular weight excluding hydrogens is 225 g/mol. The molecule has 0 atom stereocenters. The Balaban J connectivity index is 2.60. The van der Waals surface area contributed by atoms with Crippen LogP contribution in [0.5, 0.6) is 5.75 Å². The van der Waals surface area contributed by atoms with Gasteiger partial charge in [-0.15, -0.1) is 0 Å². The van der Waals surface area contributed by atoms with E-state index in [1.165, 1.54) is 12.1 Å². The summed E-state index contributed by atoms with van der Waals surface area (Å²) in [6, 6.07) is 4.19. The van der Waals surface area contributed by atoms with E-state index in [2.05, 4.69) is 0 Å². The summed E-state index contributed by atoms with van der Waals surface area (Å²) in [6.07, 6.45) is 0.0639. The predicted octanol–water partition coefficient (Wildman–Crippen LogP) is 1.83. The number of nitrogens with zero attached hydrogens (tertiary/aromatic N) is 1. The van der Waals surface area contributed by atoms with Gasteiger partial charge in [0.1, 0.15) is 0 Å². The van der Waals surface area contributed by atoms with Crippen LogP contribution in [0.1, 0.15) is 18.9 Å². The molecule has 0 aliphatic carbocycles. The van der Waals surface area contributed by atoms with Crippen molar-refractivity contribution in [3.8, 4) is 5.75 Å². The van der Waals surface area contributed by atoms with E-state index < -0.39 is 11.8 Å². The molecule has 17 heavy (non-hydrogen) atoms. The largest absolute Gasteiger partial charge is 0.505 e. The first-order valence-electron chi connectivity index (χ1n) is 5.44. The molecule has 1 aromatic carbocycles. The first kappa shape index (κ1) is 13.4. The van der Waals surface area contributed by atoms with Crippen LogP contribution < -0.4 is 0 Å². The Bertz CT molecular complexity index is 395. The number of rotatable bonds is 6. The summed E-state index contributed by atoms with van der Waals surface area (Å²) >= 11 is 0. The monoisotopic (exact) mass is 241 g/mol. The number of hydrogen-bond donors (Lipinski definition) is 2. The lowest BCUT2D eigenvalue weighted by molar-refractivity contribution is -0.137. The minimum atomic E-state index is -0.847. The van der Waals surface area contributed by atoms with Crippen molar-refractivity contribution >= 4 is 5.97 Å². The zero-order valence-corrected chi connectivity index (χ0v) is 9.69. The number of halogens is 1.